The van der Waals surface area contributed by atoms with Crippen molar-refractivity contribution in [3.05, 3.63) is 29.8 Å². The van der Waals surface area contributed by atoms with Crippen LogP contribution >= 0.6 is 0 Å². The highest BCUT2D eigenvalue weighted by Gasteiger charge is 2.28. The topological polar surface area (TPSA) is 98.1 Å². The Morgan fingerprint density at radius 3 is 2.63 bits per heavy atom. The molecule has 1 saturated heterocycles. The lowest BCUT2D eigenvalue weighted by Crippen LogP contribution is -2.36. The number of ether oxygens (including phenoxy) is 1. The van der Waals surface area contributed by atoms with Crippen molar-refractivity contribution in [1.82, 2.24) is 24.7 Å². The third kappa shape index (κ3) is 3.92. The Kier molecular flexibility index (Phi) is 5.06. The van der Waals surface area contributed by atoms with Crippen LogP contribution in [0, 0.1) is 6.92 Å². The predicted octanol–water partition coefficient (Wildman–Crippen LogP) is 2.43. The van der Waals surface area contributed by atoms with Crippen LogP contribution in [0.5, 0.6) is 0 Å². The number of hydrogen-bond donors (Lipinski definition) is 1. The molecule has 0 spiro atoms. The summed E-state index contributed by atoms with van der Waals surface area (Å²) in [5.41, 5.74) is 0.191. The van der Waals surface area contributed by atoms with Crippen LogP contribution in [0.1, 0.15) is 25.4 Å². The third-order valence-electron chi connectivity index (χ3n) is 4.65. The lowest BCUT2D eigenvalue weighted by atomic mass is 10.2. The minimum atomic E-state index is -3.12. The summed E-state index contributed by atoms with van der Waals surface area (Å²) >= 11 is 0. The summed E-state index contributed by atoms with van der Waals surface area (Å²) < 4.78 is 34.8. The largest absolute Gasteiger partial charge is 0.378 e. The Morgan fingerprint density at radius 2 is 1.97 bits per heavy atom. The molecule has 0 saturated carbocycles. The number of alkyl halides is 2. The quantitative estimate of drug-likeness (QED) is 0.696. The van der Waals surface area contributed by atoms with Gasteiger partial charge in [-0.3, -0.25) is 4.79 Å². The molecule has 4 rings (SSSR count). The van der Waals surface area contributed by atoms with Gasteiger partial charge in [-0.15, -0.1) is 5.10 Å². The van der Waals surface area contributed by atoms with Gasteiger partial charge >= 0.3 is 0 Å². The fourth-order valence-corrected chi connectivity index (χ4v) is 3.31. The second kappa shape index (κ2) is 7.56. The van der Waals surface area contributed by atoms with Crippen molar-refractivity contribution in [2.24, 2.45) is 0 Å². The molecule has 1 aliphatic rings. The highest BCUT2D eigenvalue weighted by atomic mass is 19.3. The maximum atomic E-state index is 13.9. The molecular formula is C19H21F2N7O2. The predicted molar refractivity (Wildman–Crippen MR) is 106 cm³/mol. The Balaban J connectivity index is 1.91. The SMILES string of the molecule is CC(=O)Nc1cc2c(cn1)c(N1CCOCC1)nn2-c1cc(C(C)(F)F)nc(C)n1. The van der Waals surface area contributed by atoms with Crippen molar-refractivity contribution in [2.45, 2.75) is 26.7 Å². The first-order valence-electron chi connectivity index (χ1n) is 9.46. The van der Waals surface area contributed by atoms with E-state index in [1.165, 1.54) is 17.7 Å². The summed E-state index contributed by atoms with van der Waals surface area (Å²) in [6, 6.07) is 2.87. The van der Waals surface area contributed by atoms with E-state index in [0.717, 1.165) is 6.92 Å². The van der Waals surface area contributed by atoms with Crippen LogP contribution in [0.15, 0.2) is 18.3 Å². The van der Waals surface area contributed by atoms with Gasteiger partial charge in [-0.1, -0.05) is 0 Å². The van der Waals surface area contributed by atoms with Gasteiger partial charge in [-0.2, -0.15) is 8.78 Å². The Morgan fingerprint density at radius 1 is 1.23 bits per heavy atom. The van der Waals surface area contributed by atoms with Crippen molar-refractivity contribution in [3.8, 4) is 5.82 Å². The number of aryl methyl sites for hydroxylation is 1. The molecule has 1 aliphatic heterocycles. The molecular weight excluding hydrogens is 396 g/mol. The fourth-order valence-electron chi connectivity index (χ4n) is 3.31. The van der Waals surface area contributed by atoms with Crippen LogP contribution in [0.25, 0.3) is 16.7 Å². The average Bonchev–Trinajstić information content (AvgIpc) is 3.06. The number of aromatic nitrogens is 5. The second-order valence-corrected chi connectivity index (χ2v) is 7.15. The molecule has 4 heterocycles. The maximum Gasteiger partial charge on any atom is 0.287 e. The summed E-state index contributed by atoms with van der Waals surface area (Å²) in [7, 11) is 0. The van der Waals surface area contributed by atoms with E-state index in [1.807, 2.05) is 4.90 Å². The number of nitrogens with one attached hydrogen (secondary N) is 1. The molecule has 3 aromatic rings. The normalized spacial score (nSPS) is 14.9. The van der Waals surface area contributed by atoms with Crippen molar-refractivity contribution < 1.29 is 18.3 Å². The average molecular weight is 417 g/mol. The van der Waals surface area contributed by atoms with Gasteiger partial charge in [0.05, 0.1) is 24.1 Å². The number of nitrogens with zero attached hydrogens (tertiary/aromatic N) is 6. The Hall–Kier alpha value is -3.21. The molecule has 0 aliphatic carbocycles. The van der Waals surface area contributed by atoms with Crippen LogP contribution < -0.4 is 10.2 Å². The lowest BCUT2D eigenvalue weighted by Gasteiger charge is -2.26. The highest BCUT2D eigenvalue weighted by molar-refractivity contribution is 5.95. The van der Waals surface area contributed by atoms with Crippen molar-refractivity contribution in [3.63, 3.8) is 0 Å². The first-order valence-corrected chi connectivity index (χ1v) is 9.46. The molecule has 1 N–H and O–H groups in total. The second-order valence-electron chi connectivity index (χ2n) is 7.15. The zero-order valence-electron chi connectivity index (χ0n) is 16.8. The van der Waals surface area contributed by atoms with Crippen molar-refractivity contribution >= 4 is 28.4 Å². The fraction of sp³-hybridized carbons (Fsp3) is 0.421. The van der Waals surface area contributed by atoms with Gasteiger partial charge in [-0.25, -0.2) is 19.6 Å². The van der Waals surface area contributed by atoms with Gasteiger partial charge in [-0.05, 0) is 6.92 Å². The van der Waals surface area contributed by atoms with Crippen LogP contribution in [-0.2, 0) is 15.5 Å². The van der Waals surface area contributed by atoms with Crippen LogP contribution in [0.3, 0.4) is 0 Å². The van der Waals surface area contributed by atoms with Gasteiger partial charge in [0.15, 0.2) is 11.6 Å². The molecule has 30 heavy (non-hydrogen) atoms. The molecule has 158 valence electrons. The molecule has 9 nitrogen and oxygen atoms in total. The van der Waals surface area contributed by atoms with Gasteiger partial charge in [0.2, 0.25) is 5.91 Å². The highest BCUT2D eigenvalue weighted by Crippen LogP contribution is 2.31. The standard InChI is InChI=1S/C19H21F2N7O2/c1-11-23-15(19(3,20)21)9-17(24-11)28-14-8-16(25-12(2)29)22-10-13(14)18(26-28)27-4-6-30-7-5-27/h8-10H,4-7H2,1-3H3,(H,22,25,29). The lowest BCUT2D eigenvalue weighted by molar-refractivity contribution is -0.114. The monoisotopic (exact) mass is 417 g/mol. The molecule has 1 amide bonds. The number of hydrogen-bond acceptors (Lipinski definition) is 7. The molecule has 0 radical (unpaired) electrons. The van der Waals surface area contributed by atoms with E-state index in [1.54, 1.807) is 19.2 Å². The number of carbonyl (C=O) groups excluding carboxylic acids is 1. The van der Waals surface area contributed by atoms with Gasteiger partial charge in [0.1, 0.15) is 17.3 Å². The summed E-state index contributed by atoms with van der Waals surface area (Å²) in [6.45, 7) is 6.12. The maximum absolute atomic E-state index is 13.9. The van der Waals surface area contributed by atoms with E-state index in [2.05, 4.69) is 25.4 Å². The van der Waals surface area contributed by atoms with E-state index < -0.39 is 11.6 Å². The number of morpholine rings is 1. The molecule has 3 aromatic heterocycles. The van der Waals surface area contributed by atoms with Crippen molar-refractivity contribution in [2.75, 3.05) is 36.5 Å². The smallest absolute Gasteiger partial charge is 0.287 e. The molecule has 0 bridgehead atoms. The van der Waals surface area contributed by atoms with Gasteiger partial charge in [0, 0.05) is 45.3 Å². The number of fused-ring (bicyclic) bond motifs is 1. The summed E-state index contributed by atoms with van der Waals surface area (Å²) in [6.07, 6.45) is 1.61. The summed E-state index contributed by atoms with van der Waals surface area (Å²) in [5.74, 6) is -2.00. The molecule has 0 unspecified atom stereocenters. The Bertz CT molecular complexity index is 1100. The minimum absolute atomic E-state index is 0.205. The first kappa shape index (κ1) is 20.1. The van der Waals surface area contributed by atoms with E-state index in [9.17, 15) is 13.6 Å². The number of halogens is 2. The minimum Gasteiger partial charge on any atom is -0.378 e. The van der Waals surface area contributed by atoms with E-state index in [-0.39, 0.29) is 17.5 Å². The number of amides is 1. The zero-order valence-corrected chi connectivity index (χ0v) is 16.8. The third-order valence-corrected chi connectivity index (χ3v) is 4.65. The van der Waals surface area contributed by atoms with Crippen LogP contribution in [0.4, 0.5) is 20.4 Å². The van der Waals surface area contributed by atoms with E-state index in [4.69, 9.17) is 4.74 Å². The van der Waals surface area contributed by atoms with Crippen molar-refractivity contribution in [1.29, 1.82) is 0 Å². The number of anilines is 2. The summed E-state index contributed by atoms with van der Waals surface area (Å²) in [4.78, 5) is 26.0. The number of pyridine rings is 1. The van der Waals surface area contributed by atoms with Gasteiger partial charge in [0.25, 0.3) is 5.92 Å². The van der Waals surface area contributed by atoms with E-state index in [0.29, 0.717) is 48.8 Å². The number of carbonyl (C=O) groups is 1. The summed E-state index contributed by atoms with van der Waals surface area (Å²) in [5, 5.41) is 8.02. The number of rotatable bonds is 4. The van der Waals surface area contributed by atoms with E-state index >= 15 is 0 Å². The van der Waals surface area contributed by atoms with Crippen LogP contribution in [0.2, 0.25) is 0 Å². The molecule has 11 heteroatoms. The van der Waals surface area contributed by atoms with Crippen LogP contribution in [-0.4, -0.2) is 56.9 Å². The Labute approximate surface area is 171 Å². The molecule has 1 fully saturated rings. The van der Waals surface area contributed by atoms with Gasteiger partial charge < -0.3 is 15.0 Å². The molecule has 0 aromatic carbocycles. The zero-order chi connectivity index (χ0) is 21.5. The first-order chi connectivity index (χ1) is 14.2. The molecule has 0 atom stereocenters.